The van der Waals surface area contributed by atoms with Crippen LogP contribution in [0.1, 0.15) is 13.3 Å². The summed E-state index contributed by atoms with van der Waals surface area (Å²) in [7, 11) is 0. The van der Waals surface area contributed by atoms with Crippen LogP contribution >= 0.6 is 11.6 Å². The van der Waals surface area contributed by atoms with Crippen molar-refractivity contribution in [3.8, 4) is 0 Å². The molecule has 2 aromatic heterocycles. The molecule has 0 spiro atoms. The van der Waals surface area contributed by atoms with Crippen LogP contribution in [0.3, 0.4) is 0 Å². The maximum atomic E-state index is 9.53. The zero-order valence-corrected chi connectivity index (χ0v) is 13.7. The van der Waals surface area contributed by atoms with Crippen molar-refractivity contribution in [3.05, 3.63) is 23.2 Å². The number of rotatable bonds is 6. The third kappa shape index (κ3) is 3.31. The number of H-pyrrole nitrogens is 1. The van der Waals surface area contributed by atoms with Crippen molar-refractivity contribution in [1.82, 2.24) is 25.4 Å². The van der Waals surface area contributed by atoms with E-state index in [1.165, 1.54) is 0 Å². The van der Waals surface area contributed by atoms with Crippen LogP contribution in [0, 0.1) is 0 Å². The second-order valence-corrected chi connectivity index (χ2v) is 5.61. The van der Waals surface area contributed by atoms with Crippen molar-refractivity contribution in [2.45, 2.75) is 13.3 Å². The number of aliphatic hydroxyl groups excluding tert-OH is 1. The molecule has 24 heavy (non-hydrogen) atoms. The van der Waals surface area contributed by atoms with Crippen molar-refractivity contribution in [2.24, 2.45) is 0 Å². The fourth-order valence-electron chi connectivity index (χ4n) is 2.29. The van der Waals surface area contributed by atoms with Gasteiger partial charge >= 0.3 is 0 Å². The molecule has 0 fully saturated rings. The monoisotopic (exact) mass is 348 g/mol. The zero-order chi connectivity index (χ0) is 17.1. The largest absolute Gasteiger partial charge is 0.399 e. The highest BCUT2D eigenvalue weighted by Gasteiger charge is 2.16. The van der Waals surface area contributed by atoms with Crippen molar-refractivity contribution >= 4 is 45.9 Å². The number of anilines is 4. The number of hydrogen-bond donors (Lipinski definition) is 4. The highest BCUT2D eigenvalue weighted by atomic mass is 35.5. The highest BCUT2D eigenvalue weighted by molar-refractivity contribution is 6.31. The van der Waals surface area contributed by atoms with Crippen LogP contribution in [0.15, 0.2) is 18.2 Å². The molecular weight excluding hydrogens is 332 g/mol. The molecule has 5 N–H and O–H groups in total. The standard InChI is InChI=1S/C14H17ClN8O/c1-2-3-23(7-24)14-18-12(11-13(19-14)21-22-20-11)17-10-5-8(15)4-9(16)6-10/h4-6,24H,2-3,7,16H2,1H3,(H2,17,18,19,20,21,22). The van der Waals surface area contributed by atoms with Crippen LogP contribution in [-0.2, 0) is 0 Å². The Balaban J connectivity index is 2.03. The lowest BCUT2D eigenvalue weighted by atomic mass is 10.3. The average Bonchev–Trinajstić information content (AvgIpc) is 3.00. The summed E-state index contributed by atoms with van der Waals surface area (Å²) < 4.78 is 0. The smallest absolute Gasteiger partial charge is 0.231 e. The zero-order valence-electron chi connectivity index (χ0n) is 13.0. The number of halogens is 1. The van der Waals surface area contributed by atoms with E-state index in [2.05, 4.69) is 30.7 Å². The second kappa shape index (κ2) is 6.85. The molecule has 3 rings (SSSR count). The molecule has 0 amide bonds. The molecule has 1 aromatic carbocycles. The first-order valence-electron chi connectivity index (χ1n) is 7.38. The summed E-state index contributed by atoms with van der Waals surface area (Å²) in [6.07, 6.45) is 0.842. The maximum Gasteiger partial charge on any atom is 0.231 e. The van der Waals surface area contributed by atoms with Crippen LogP contribution in [-0.4, -0.2) is 43.8 Å². The molecule has 2 heterocycles. The van der Waals surface area contributed by atoms with E-state index in [-0.39, 0.29) is 6.73 Å². The molecule has 0 bridgehead atoms. The predicted octanol–water partition coefficient (Wildman–Crippen LogP) is 1.89. The van der Waals surface area contributed by atoms with E-state index in [1.807, 2.05) is 6.92 Å². The summed E-state index contributed by atoms with van der Waals surface area (Å²) >= 11 is 6.03. The maximum absolute atomic E-state index is 9.53. The molecule has 0 aliphatic carbocycles. The summed E-state index contributed by atoms with van der Waals surface area (Å²) in [6.45, 7) is 2.43. The van der Waals surface area contributed by atoms with Crippen molar-refractivity contribution in [3.63, 3.8) is 0 Å². The lowest BCUT2D eigenvalue weighted by molar-refractivity contribution is 0.288. The summed E-state index contributed by atoms with van der Waals surface area (Å²) in [6, 6.07) is 5.11. The summed E-state index contributed by atoms with van der Waals surface area (Å²) in [4.78, 5) is 10.4. The van der Waals surface area contributed by atoms with Crippen LogP contribution in [0.2, 0.25) is 5.02 Å². The first kappa shape index (κ1) is 16.2. The quantitative estimate of drug-likeness (QED) is 0.392. The van der Waals surface area contributed by atoms with E-state index in [9.17, 15) is 5.11 Å². The molecule has 0 aliphatic rings. The molecule has 0 unspecified atom stereocenters. The third-order valence-corrected chi connectivity index (χ3v) is 3.52. The van der Waals surface area contributed by atoms with E-state index < -0.39 is 0 Å². The normalized spacial score (nSPS) is 11.0. The Morgan fingerprint density at radius 3 is 2.83 bits per heavy atom. The predicted molar refractivity (Wildman–Crippen MR) is 93.3 cm³/mol. The number of nitrogens with two attached hydrogens (primary N) is 1. The van der Waals surface area contributed by atoms with Crippen LogP contribution in [0.5, 0.6) is 0 Å². The first-order valence-corrected chi connectivity index (χ1v) is 7.76. The van der Waals surface area contributed by atoms with Crippen molar-refractivity contribution in [2.75, 3.05) is 29.2 Å². The topological polar surface area (TPSA) is 129 Å². The molecule has 9 nitrogen and oxygen atoms in total. The fourth-order valence-corrected chi connectivity index (χ4v) is 2.53. The molecule has 10 heteroatoms. The molecule has 0 saturated carbocycles. The number of hydrogen-bond acceptors (Lipinski definition) is 8. The van der Waals surface area contributed by atoms with Gasteiger partial charge in [0.25, 0.3) is 0 Å². The van der Waals surface area contributed by atoms with Gasteiger partial charge in [0.1, 0.15) is 6.73 Å². The van der Waals surface area contributed by atoms with E-state index in [0.29, 0.717) is 45.9 Å². The van der Waals surface area contributed by atoms with E-state index in [4.69, 9.17) is 17.3 Å². The summed E-state index contributed by atoms with van der Waals surface area (Å²) in [5, 5.41) is 23.8. The Labute approximate surface area is 142 Å². The Hall–Kier alpha value is -2.65. The van der Waals surface area contributed by atoms with Gasteiger partial charge in [0, 0.05) is 22.9 Å². The van der Waals surface area contributed by atoms with E-state index in [0.717, 1.165) is 6.42 Å². The van der Waals surface area contributed by atoms with Crippen molar-refractivity contribution in [1.29, 1.82) is 0 Å². The van der Waals surface area contributed by atoms with Gasteiger partial charge in [-0.15, -0.1) is 5.10 Å². The number of fused-ring (bicyclic) bond motifs is 1. The molecule has 0 radical (unpaired) electrons. The number of aliphatic hydroxyl groups is 1. The van der Waals surface area contributed by atoms with E-state index >= 15 is 0 Å². The summed E-state index contributed by atoms with van der Waals surface area (Å²) in [5.74, 6) is 0.804. The fraction of sp³-hybridized carbons (Fsp3) is 0.286. The molecule has 0 saturated heterocycles. The number of nitrogens with zero attached hydrogens (tertiary/aromatic N) is 5. The Morgan fingerprint density at radius 2 is 2.12 bits per heavy atom. The van der Waals surface area contributed by atoms with Gasteiger partial charge in [-0.05, 0) is 24.6 Å². The van der Waals surface area contributed by atoms with Gasteiger partial charge in [0.15, 0.2) is 11.3 Å². The molecule has 0 atom stereocenters. The van der Waals surface area contributed by atoms with E-state index in [1.54, 1.807) is 23.1 Å². The Morgan fingerprint density at radius 1 is 1.29 bits per heavy atom. The van der Waals surface area contributed by atoms with Crippen LogP contribution in [0.25, 0.3) is 11.2 Å². The van der Waals surface area contributed by atoms with Crippen molar-refractivity contribution < 1.29 is 5.11 Å². The number of nitrogen functional groups attached to an aromatic ring is 1. The lowest BCUT2D eigenvalue weighted by Gasteiger charge is -2.19. The van der Waals surface area contributed by atoms with Gasteiger partial charge in [-0.3, -0.25) is 0 Å². The number of aromatic amines is 1. The highest BCUT2D eigenvalue weighted by Crippen LogP contribution is 2.27. The third-order valence-electron chi connectivity index (χ3n) is 3.30. The van der Waals surface area contributed by atoms with Gasteiger partial charge in [-0.25, -0.2) is 0 Å². The SMILES string of the molecule is CCCN(CO)c1nc(Nc2cc(N)cc(Cl)c2)c2n[nH]nc2n1. The van der Waals surface area contributed by atoms with Crippen LogP contribution < -0.4 is 16.0 Å². The number of benzene rings is 1. The first-order chi connectivity index (χ1) is 11.6. The van der Waals surface area contributed by atoms with Crippen LogP contribution in [0.4, 0.5) is 23.1 Å². The Kier molecular flexibility index (Phi) is 4.63. The second-order valence-electron chi connectivity index (χ2n) is 5.17. The molecule has 3 aromatic rings. The number of nitrogens with one attached hydrogen (secondary N) is 2. The minimum atomic E-state index is -0.194. The number of aromatic nitrogens is 5. The lowest BCUT2D eigenvalue weighted by Crippen LogP contribution is -2.27. The summed E-state index contributed by atoms with van der Waals surface area (Å²) in [5.41, 5.74) is 7.88. The van der Waals surface area contributed by atoms with Gasteiger partial charge in [0.05, 0.1) is 0 Å². The Bertz CT molecular complexity index is 832. The molecule has 0 aliphatic heterocycles. The van der Waals surface area contributed by atoms with Gasteiger partial charge in [0.2, 0.25) is 11.6 Å². The minimum Gasteiger partial charge on any atom is -0.399 e. The van der Waals surface area contributed by atoms with Gasteiger partial charge in [-0.1, -0.05) is 18.5 Å². The minimum absolute atomic E-state index is 0.194. The molecular formula is C14H17ClN8O. The average molecular weight is 349 g/mol. The molecule has 126 valence electrons. The van der Waals surface area contributed by atoms with Gasteiger partial charge < -0.3 is 21.1 Å². The van der Waals surface area contributed by atoms with Gasteiger partial charge in [-0.2, -0.15) is 20.3 Å².